The topological polar surface area (TPSA) is 47.0 Å². The predicted molar refractivity (Wildman–Crippen MR) is 47.5 cm³/mol. The average Bonchev–Trinajstić information content (AvgIpc) is 1.82. The Morgan fingerprint density at radius 3 is 2.67 bits per heavy atom. The van der Waals surface area contributed by atoms with E-state index in [-0.39, 0.29) is 5.75 Å². The SMILES string of the molecule is Cc1cc(CS(C)(=O)=O)ccn1. The van der Waals surface area contributed by atoms with Crippen LogP contribution in [0, 0.1) is 6.92 Å². The van der Waals surface area contributed by atoms with Gasteiger partial charge in [-0.2, -0.15) is 0 Å². The fourth-order valence-electron chi connectivity index (χ4n) is 0.997. The van der Waals surface area contributed by atoms with Gasteiger partial charge in [0.2, 0.25) is 0 Å². The van der Waals surface area contributed by atoms with Crippen LogP contribution in [0.15, 0.2) is 18.3 Å². The van der Waals surface area contributed by atoms with E-state index in [1.807, 2.05) is 6.92 Å². The van der Waals surface area contributed by atoms with Crippen LogP contribution in [0.1, 0.15) is 11.3 Å². The maximum atomic E-state index is 10.9. The summed E-state index contributed by atoms with van der Waals surface area (Å²) in [6, 6.07) is 3.50. The van der Waals surface area contributed by atoms with Gasteiger partial charge in [0.05, 0.1) is 5.75 Å². The molecule has 0 radical (unpaired) electrons. The molecule has 1 heterocycles. The molecule has 0 fully saturated rings. The van der Waals surface area contributed by atoms with Gasteiger partial charge in [0.15, 0.2) is 9.84 Å². The van der Waals surface area contributed by atoms with Crippen LogP contribution in [0.2, 0.25) is 0 Å². The lowest BCUT2D eigenvalue weighted by molar-refractivity contribution is 0.601. The van der Waals surface area contributed by atoms with Crippen molar-refractivity contribution in [3.05, 3.63) is 29.6 Å². The van der Waals surface area contributed by atoms with E-state index in [0.29, 0.717) is 0 Å². The third-order valence-electron chi connectivity index (χ3n) is 1.39. The molecule has 0 aliphatic rings. The lowest BCUT2D eigenvalue weighted by Crippen LogP contribution is -2.00. The van der Waals surface area contributed by atoms with E-state index in [0.717, 1.165) is 11.3 Å². The molecule has 0 amide bonds. The molecule has 0 N–H and O–H groups in total. The highest BCUT2D eigenvalue weighted by atomic mass is 32.2. The molecule has 0 saturated carbocycles. The van der Waals surface area contributed by atoms with Gasteiger partial charge in [-0.05, 0) is 24.6 Å². The lowest BCUT2D eigenvalue weighted by Gasteiger charge is -1.98. The summed E-state index contributed by atoms with van der Waals surface area (Å²) in [6.45, 7) is 1.84. The van der Waals surface area contributed by atoms with Crippen LogP contribution < -0.4 is 0 Å². The number of nitrogens with zero attached hydrogens (tertiary/aromatic N) is 1. The summed E-state index contributed by atoms with van der Waals surface area (Å²) < 4.78 is 21.8. The second kappa shape index (κ2) is 3.23. The van der Waals surface area contributed by atoms with Crippen LogP contribution in [-0.2, 0) is 15.6 Å². The van der Waals surface area contributed by atoms with E-state index in [1.165, 1.54) is 6.26 Å². The van der Waals surface area contributed by atoms with Crippen molar-refractivity contribution in [2.24, 2.45) is 0 Å². The maximum Gasteiger partial charge on any atom is 0.151 e. The quantitative estimate of drug-likeness (QED) is 0.688. The van der Waals surface area contributed by atoms with Gasteiger partial charge in [0, 0.05) is 18.1 Å². The molecule has 0 bridgehead atoms. The monoisotopic (exact) mass is 185 g/mol. The summed E-state index contributed by atoms with van der Waals surface area (Å²) in [5.41, 5.74) is 1.64. The zero-order valence-corrected chi connectivity index (χ0v) is 7.93. The Bertz CT molecular complexity index is 370. The van der Waals surface area contributed by atoms with Crippen LogP contribution in [0.5, 0.6) is 0 Å². The predicted octanol–water partition coefficient (Wildman–Crippen LogP) is 0.935. The van der Waals surface area contributed by atoms with Gasteiger partial charge in [0.25, 0.3) is 0 Å². The fourth-order valence-corrected chi connectivity index (χ4v) is 1.78. The van der Waals surface area contributed by atoms with Crippen molar-refractivity contribution in [1.29, 1.82) is 0 Å². The highest BCUT2D eigenvalue weighted by Gasteiger charge is 2.03. The largest absolute Gasteiger partial charge is 0.262 e. The number of sulfone groups is 1. The second-order valence-electron chi connectivity index (χ2n) is 2.88. The molecule has 0 aliphatic carbocycles. The van der Waals surface area contributed by atoms with E-state index in [4.69, 9.17) is 0 Å². The molecule has 0 unspecified atom stereocenters. The minimum Gasteiger partial charge on any atom is -0.262 e. The van der Waals surface area contributed by atoms with Gasteiger partial charge in [-0.25, -0.2) is 8.42 Å². The van der Waals surface area contributed by atoms with Crippen LogP contribution >= 0.6 is 0 Å². The molecule has 1 rings (SSSR count). The molecule has 12 heavy (non-hydrogen) atoms. The summed E-state index contributed by atoms with van der Waals surface area (Å²) in [5.74, 6) is 0.0936. The minimum atomic E-state index is -2.92. The highest BCUT2D eigenvalue weighted by molar-refractivity contribution is 7.89. The summed E-state index contributed by atoms with van der Waals surface area (Å²) in [6.07, 6.45) is 2.85. The molecule has 0 spiro atoms. The van der Waals surface area contributed by atoms with E-state index < -0.39 is 9.84 Å². The number of rotatable bonds is 2. The van der Waals surface area contributed by atoms with E-state index in [9.17, 15) is 8.42 Å². The lowest BCUT2D eigenvalue weighted by atomic mass is 10.2. The van der Waals surface area contributed by atoms with Crippen LogP contribution in [0.3, 0.4) is 0 Å². The van der Waals surface area contributed by atoms with Crippen molar-refractivity contribution in [1.82, 2.24) is 4.98 Å². The van der Waals surface area contributed by atoms with Gasteiger partial charge in [0.1, 0.15) is 0 Å². The average molecular weight is 185 g/mol. The Morgan fingerprint density at radius 1 is 1.50 bits per heavy atom. The zero-order chi connectivity index (χ0) is 9.19. The first-order valence-corrected chi connectivity index (χ1v) is 5.63. The normalized spacial score (nSPS) is 11.5. The molecule has 4 heteroatoms. The molecule has 0 atom stereocenters. The number of pyridine rings is 1. The van der Waals surface area contributed by atoms with Gasteiger partial charge < -0.3 is 0 Å². The summed E-state index contributed by atoms with van der Waals surface area (Å²) in [5, 5.41) is 0. The molecule has 1 aromatic rings. The fraction of sp³-hybridized carbons (Fsp3) is 0.375. The van der Waals surface area contributed by atoms with Gasteiger partial charge >= 0.3 is 0 Å². The Labute approximate surface area is 72.4 Å². The Kier molecular flexibility index (Phi) is 2.47. The van der Waals surface area contributed by atoms with Crippen molar-refractivity contribution in [2.45, 2.75) is 12.7 Å². The maximum absolute atomic E-state index is 10.9. The number of hydrogen-bond acceptors (Lipinski definition) is 3. The van der Waals surface area contributed by atoms with Crippen LogP contribution in [-0.4, -0.2) is 19.7 Å². The zero-order valence-electron chi connectivity index (χ0n) is 7.11. The molecular formula is C8H11NO2S. The summed E-state index contributed by atoms with van der Waals surface area (Å²) in [7, 11) is -2.92. The Hall–Kier alpha value is -0.900. The van der Waals surface area contributed by atoms with Gasteiger partial charge in [-0.3, -0.25) is 4.98 Å². The molecule has 66 valence electrons. The summed E-state index contributed by atoms with van der Waals surface area (Å²) in [4.78, 5) is 3.98. The molecular weight excluding hydrogens is 174 g/mol. The molecule has 0 aromatic carbocycles. The first-order valence-electron chi connectivity index (χ1n) is 3.56. The van der Waals surface area contributed by atoms with Crippen molar-refractivity contribution >= 4 is 9.84 Å². The molecule has 0 aliphatic heterocycles. The van der Waals surface area contributed by atoms with Crippen LogP contribution in [0.4, 0.5) is 0 Å². The van der Waals surface area contributed by atoms with E-state index in [2.05, 4.69) is 4.98 Å². The second-order valence-corrected chi connectivity index (χ2v) is 5.02. The van der Waals surface area contributed by atoms with E-state index >= 15 is 0 Å². The molecule has 1 aromatic heterocycles. The van der Waals surface area contributed by atoms with Crippen molar-refractivity contribution in [2.75, 3.05) is 6.26 Å². The van der Waals surface area contributed by atoms with Crippen molar-refractivity contribution in [3.63, 3.8) is 0 Å². The first kappa shape index (κ1) is 9.19. The van der Waals surface area contributed by atoms with Gasteiger partial charge in [-0.1, -0.05) is 0 Å². The summed E-state index contributed by atoms with van der Waals surface area (Å²) >= 11 is 0. The number of aryl methyl sites for hydroxylation is 1. The smallest absolute Gasteiger partial charge is 0.151 e. The Morgan fingerprint density at radius 2 is 2.17 bits per heavy atom. The molecule has 3 nitrogen and oxygen atoms in total. The third-order valence-corrected chi connectivity index (χ3v) is 2.25. The standard InChI is InChI=1S/C8H11NO2S/c1-7-5-8(3-4-9-7)6-12(2,10)11/h3-5H,6H2,1-2H3. The van der Waals surface area contributed by atoms with Gasteiger partial charge in [-0.15, -0.1) is 0 Å². The molecule has 0 saturated heterocycles. The Balaban J connectivity index is 2.91. The minimum absolute atomic E-state index is 0.0936. The third kappa shape index (κ3) is 3.00. The van der Waals surface area contributed by atoms with Crippen LogP contribution in [0.25, 0.3) is 0 Å². The highest BCUT2D eigenvalue weighted by Crippen LogP contribution is 2.04. The van der Waals surface area contributed by atoms with Crippen molar-refractivity contribution < 1.29 is 8.42 Å². The first-order chi connectivity index (χ1) is 5.47. The van der Waals surface area contributed by atoms with Crippen molar-refractivity contribution in [3.8, 4) is 0 Å². The number of aromatic nitrogens is 1. The number of hydrogen-bond donors (Lipinski definition) is 0. The van der Waals surface area contributed by atoms with E-state index in [1.54, 1.807) is 18.3 Å².